The van der Waals surface area contributed by atoms with Crippen LogP contribution in [0.5, 0.6) is 0 Å². The lowest BCUT2D eigenvalue weighted by Gasteiger charge is -2.39. The standard InChI is InChI=1S/C24H32Br2S/c1-3-5-7-9-15-27(16-10-8-6-4-2)23-17-19(25)11-13-21(23)22-14-12-20(26)18-24(22)27/h11-14,17-18H,3-10,15-16H2,1-2H3. The number of hydrogen-bond acceptors (Lipinski definition) is 0. The summed E-state index contributed by atoms with van der Waals surface area (Å²) < 4.78 is 2.46. The monoisotopic (exact) mass is 510 g/mol. The van der Waals surface area contributed by atoms with Crippen molar-refractivity contribution in [2.24, 2.45) is 0 Å². The van der Waals surface area contributed by atoms with Gasteiger partial charge in [-0.15, -0.1) is 0 Å². The molecule has 2 aromatic carbocycles. The summed E-state index contributed by atoms with van der Waals surface area (Å²) in [5.74, 6) is 2.71. The Bertz CT molecular complexity index is 703. The van der Waals surface area contributed by atoms with Crippen LogP contribution in [0.4, 0.5) is 0 Å². The van der Waals surface area contributed by atoms with Crippen molar-refractivity contribution in [1.82, 2.24) is 0 Å². The Labute approximate surface area is 184 Å². The molecule has 3 rings (SSSR count). The van der Waals surface area contributed by atoms with Gasteiger partial charge in [0.05, 0.1) is 0 Å². The molecule has 0 aromatic heterocycles. The van der Waals surface area contributed by atoms with E-state index in [2.05, 4.69) is 82.1 Å². The molecule has 1 aliphatic heterocycles. The molecule has 0 nitrogen and oxygen atoms in total. The summed E-state index contributed by atoms with van der Waals surface area (Å²) in [7, 11) is -0.946. The molecule has 0 saturated heterocycles. The molecule has 3 heteroatoms. The van der Waals surface area contributed by atoms with Gasteiger partial charge < -0.3 is 0 Å². The van der Waals surface area contributed by atoms with Crippen molar-refractivity contribution in [2.75, 3.05) is 11.5 Å². The van der Waals surface area contributed by atoms with E-state index < -0.39 is 10.0 Å². The molecule has 0 fully saturated rings. The van der Waals surface area contributed by atoms with E-state index in [4.69, 9.17) is 0 Å². The molecule has 0 bridgehead atoms. The first-order chi connectivity index (χ1) is 13.1. The topological polar surface area (TPSA) is 0 Å². The highest BCUT2D eigenvalue weighted by atomic mass is 79.9. The van der Waals surface area contributed by atoms with Crippen LogP contribution in [0.3, 0.4) is 0 Å². The molecule has 0 saturated carbocycles. The molecule has 0 atom stereocenters. The lowest BCUT2D eigenvalue weighted by Crippen LogP contribution is -2.10. The van der Waals surface area contributed by atoms with Crippen molar-refractivity contribution in [3.05, 3.63) is 45.3 Å². The van der Waals surface area contributed by atoms with Crippen LogP contribution in [-0.4, -0.2) is 11.5 Å². The summed E-state index contributed by atoms with van der Waals surface area (Å²) in [5, 5.41) is 0. The van der Waals surface area contributed by atoms with Crippen LogP contribution < -0.4 is 0 Å². The molecule has 0 spiro atoms. The van der Waals surface area contributed by atoms with E-state index in [-0.39, 0.29) is 0 Å². The van der Waals surface area contributed by atoms with Gasteiger partial charge in [-0.05, 0) is 59.7 Å². The fourth-order valence-corrected chi connectivity index (χ4v) is 9.94. The molecule has 27 heavy (non-hydrogen) atoms. The van der Waals surface area contributed by atoms with Gasteiger partial charge in [-0.3, -0.25) is 0 Å². The average molecular weight is 512 g/mol. The summed E-state index contributed by atoms with van der Waals surface area (Å²) in [6.07, 6.45) is 10.8. The normalized spacial score (nSPS) is 15.4. The van der Waals surface area contributed by atoms with E-state index in [0.717, 1.165) is 0 Å². The second-order valence-electron chi connectivity index (χ2n) is 7.69. The second kappa shape index (κ2) is 9.98. The maximum atomic E-state index is 3.77. The summed E-state index contributed by atoms with van der Waals surface area (Å²) in [5.41, 5.74) is 2.98. The predicted octanol–water partition coefficient (Wildman–Crippen LogP) is 9.58. The van der Waals surface area contributed by atoms with Crippen molar-refractivity contribution in [3.63, 3.8) is 0 Å². The Balaban J connectivity index is 2.03. The van der Waals surface area contributed by atoms with E-state index in [1.807, 2.05) is 0 Å². The van der Waals surface area contributed by atoms with E-state index in [1.54, 1.807) is 9.79 Å². The lowest BCUT2D eigenvalue weighted by atomic mass is 10.1. The highest BCUT2D eigenvalue weighted by molar-refractivity contribution is 9.10. The van der Waals surface area contributed by atoms with Crippen LogP contribution in [-0.2, 0) is 0 Å². The zero-order chi connectivity index (χ0) is 19.3. The largest absolute Gasteiger partial charge is 0.186 e. The van der Waals surface area contributed by atoms with Crippen LogP contribution in [0.2, 0.25) is 0 Å². The van der Waals surface area contributed by atoms with Crippen molar-refractivity contribution < 1.29 is 0 Å². The molecular weight excluding hydrogens is 480 g/mol. The van der Waals surface area contributed by atoms with Crippen LogP contribution in [0.25, 0.3) is 11.1 Å². The summed E-state index contributed by atoms with van der Waals surface area (Å²) >= 11 is 7.53. The van der Waals surface area contributed by atoms with Gasteiger partial charge in [0, 0.05) is 18.7 Å². The molecule has 0 aliphatic carbocycles. The van der Waals surface area contributed by atoms with E-state index in [9.17, 15) is 0 Å². The smallest absolute Gasteiger partial charge is 0.0186 e. The molecule has 0 unspecified atom stereocenters. The molecule has 0 N–H and O–H groups in total. The van der Waals surface area contributed by atoms with Crippen molar-refractivity contribution >= 4 is 41.9 Å². The van der Waals surface area contributed by atoms with Gasteiger partial charge in [-0.2, -0.15) is 10.0 Å². The summed E-state index contributed by atoms with van der Waals surface area (Å²) in [6, 6.07) is 14.0. The fourth-order valence-electron chi connectivity index (χ4n) is 4.29. The van der Waals surface area contributed by atoms with Crippen molar-refractivity contribution in [1.29, 1.82) is 0 Å². The van der Waals surface area contributed by atoms with Gasteiger partial charge in [-0.1, -0.05) is 96.4 Å². The first kappa shape index (κ1) is 21.5. The van der Waals surface area contributed by atoms with E-state index in [1.165, 1.54) is 82.9 Å². The molecule has 148 valence electrons. The van der Waals surface area contributed by atoms with Gasteiger partial charge in [0.25, 0.3) is 0 Å². The van der Waals surface area contributed by atoms with Gasteiger partial charge in [0.15, 0.2) is 0 Å². The highest BCUT2D eigenvalue weighted by Gasteiger charge is 2.38. The Morgan fingerprint density at radius 3 is 1.48 bits per heavy atom. The quantitative estimate of drug-likeness (QED) is 0.278. The van der Waals surface area contributed by atoms with Crippen LogP contribution >= 0.6 is 41.9 Å². The van der Waals surface area contributed by atoms with Gasteiger partial charge in [0.1, 0.15) is 0 Å². The minimum Gasteiger partial charge on any atom is -0.186 e. The fraction of sp³-hybridized carbons (Fsp3) is 0.500. The Morgan fingerprint density at radius 1 is 0.630 bits per heavy atom. The maximum absolute atomic E-state index is 3.77. The SMILES string of the molecule is CCCCCCS1(CCCCCC)c2cc(Br)ccc2-c2ccc(Br)cc21. The second-order valence-corrected chi connectivity index (χ2v) is 13.0. The highest BCUT2D eigenvalue weighted by Crippen LogP contribution is 2.72. The molecule has 1 aliphatic rings. The van der Waals surface area contributed by atoms with Crippen molar-refractivity contribution in [2.45, 2.75) is 75.0 Å². The van der Waals surface area contributed by atoms with E-state index >= 15 is 0 Å². The minimum absolute atomic E-state index is 0.946. The van der Waals surface area contributed by atoms with Gasteiger partial charge in [-0.25, -0.2) is 0 Å². The number of unbranched alkanes of at least 4 members (excludes halogenated alkanes) is 6. The molecule has 0 amide bonds. The minimum atomic E-state index is -0.946. The lowest BCUT2D eigenvalue weighted by molar-refractivity contribution is 0.696. The summed E-state index contributed by atoms with van der Waals surface area (Å²) in [6.45, 7) is 4.61. The zero-order valence-corrected chi connectivity index (χ0v) is 20.7. The number of hydrogen-bond donors (Lipinski definition) is 0. The number of benzene rings is 2. The Kier molecular flexibility index (Phi) is 7.93. The third-order valence-electron chi connectivity index (χ3n) is 5.71. The van der Waals surface area contributed by atoms with Crippen LogP contribution in [0.15, 0.2) is 55.1 Å². The number of fused-ring (bicyclic) bond motifs is 3. The molecule has 1 heterocycles. The molecular formula is C24H32Br2S. The van der Waals surface area contributed by atoms with E-state index in [0.29, 0.717) is 0 Å². The van der Waals surface area contributed by atoms with Gasteiger partial charge in [0.2, 0.25) is 0 Å². The zero-order valence-electron chi connectivity index (χ0n) is 16.7. The van der Waals surface area contributed by atoms with Crippen molar-refractivity contribution in [3.8, 4) is 11.1 Å². The number of halogens is 2. The Morgan fingerprint density at radius 2 is 1.07 bits per heavy atom. The summed E-state index contributed by atoms with van der Waals surface area (Å²) in [4.78, 5) is 3.27. The number of rotatable bonds is 10. The Hall–Kier alpha value is -0.250. The van der Waals surface area contributed by atoms with Crippen LogP contribution in [0, 0.1) is 0 Å². The molecule has 2 aromatic rings. The maximum Gasteiger partial charge on any atom is 0.0186 e. The average Bonchev–Trinajstić information content (AvgIpc) is 2.92. The first-order valence-electron chi connectivity index (χ1n) is 10.5. The first-order valence-corrected chi connectivity index (χ1v) is 14.1. The van der Waals surface area contributed by atoms with Crippen LogP contribution in [0.1, 0.15) is 65.2 Å². The third-order valence-corrected chi connectivity index (χ3v) is 11.0. The predicted molar refractivity (Wildman–Crippen MR) is 129 cm³/mol. The molecule has 0 radical (unpaired) electrons. The van der Waals surface area contributed by atoms with Gasteiger partial charge >= 0.3 is 0 Å². The third kappa shape index (κ3) is 4.67.